The molecule has 0 spiro atoms. The van der Waals surface area contributed by atoms with Crippen LogP contribution < -0.4 is 0 Å². The molecule has 116 valence electrons. The van der Waals surface area contributed by atoms with Gasteiger partial charge in [-0.25, -0.2) is 0 Å². The normalized spacial score (nSPS) is 23.3. The minimum Gasteiger partial charge on any atom is -0.469 e. The molecule has 0 amide bonds. The van der Waals surface area contributed by atoms with Crippen molar-refractivity contribution in [1.29, 1.82) is 0 Å². The number of methoxy groups -OCH3 is 1. The Kier molecular flexibility index (Phi) is 4.56. The molecule has 0 aliphatic carbocycles. The average molecular weight is 301 g/mol. The van der Waals surface area contributed by atoms with Gasteiger partial charge in [-0.3, -0.25) is 9.69 Å². The second-order valence-electron chi connectivity index (χ2n) is 5.46. The van der Waals surface area contributed by atoms with Gasteiger partial charge in [0.1, 0.15) is 0 Å². The zero-order valence-electron chi connectivity index (χ0n) is 12.0. The van der Waals surface area contributed by atoms with E-state index < -0.39 is 11.7 Å². The summed E-state index contributed by atoms with van der Waals surface area (Å²) >= 11 is 0. The molecule has 0 aromatic heterocycles. The first-order valence-corrected chi connectivity index (χ1v) is 6.78. The first-order chi connectivity index (χ1) is 9.82. The van der Waals surface area contributed by atoms with Crippen LogP contribution in [0.15, 0.2) is 24.3 Å². The number of likely N-dealkylation sites (tertiary alicyclic amines) is 1. The van der Waals surface area contributed by atoms with E-state index in [4.69, 9.17) is 4.74 Å². The van der Waals surface area contributed by atoms with E-state index in [9.17, 15) is 18.0 Å². The molecule has 21 heavy (non-hydrogen) atoms. The van der Waals surface area contributed by atoms with Gasteiger partial charge < -0.3 is 4.74 Å². The maximum absolute atomic E-state index is 13.0. The number of alkyl halides is 3. The maximum Gasteiger partial charge on any atom is 0.416 e. The van der Waals surface area contributed by atoms with Crippen LogP contribution in [0.2, 0.25) is 0 Å². The maximum atomic E-state index is 13.0. The van der Waals surface area contributed by atoms with Gasteiger partial charge in [0.05, 0.1) is 18.6 Å². The molecule has 0 saturated carbocycles. The molecule has 2 unspecified atom stereocenters. The Morgan fingerprint density at radius 3 is 2.62 bits per heavy atom. The quantitative estimate of drug-likeness (QED) is 0.804. The number of hydrogen-bond acceptors (Lipinski definition) is 3. The smallest absolute Gasteiger partial charge is 0.416 e. The molecule has 3 nitrogen and oxygen atoms in total. The zero-order valence-corrected chi connectivity index (χ0v) is 12.0. The largest absolute Gasteiger partial charge is 0.469 e. The van der Waals surface area contributed by atoms with Gasteiger partial charge in [-0.2, -0.15) is 13.2 Å². The number of esters is 1. The Morgan fingerprint density at radius 1 is 1.33 bits per heavy atom. The molecule has 2 rings (SSSR count). The van der Waals surface area contributed by atoms with Crippen molar-refractivity contribution in [3.8, 4) is 0 Å². The van der Waals surface area contributed by atoms with Crippen LogP contribution in [0.3, 0.4) is 0 Å². The SMILES string of the molecule is COC(=O)C1CN(Cc2ccccc2C(F)(F)F)CC1C. The molecule has 1 fully saturated rings. The molecular weight excluding hydrogens is 283 g/mol. The highest BCUT2D eigenvalue weighted by Crippen LogP contribution is 2.33. The third-order valence-electron chi connectivity index (χ3n) is 3.91. The number of carbonyl (C=O) groups is 1. The van der Waals surface area contributed by atoms with Gasteiger partial charge in [0, 0.05) is 19.6 Å². The summed E-state index contributed by atoms with van der Waals surface area (Å²) in [7, 11) is 1.33. The molecule has 1 heterocycles. The fourth-order valence-corrected chi connectivity index (χ4v) is 2.83. The number of hydrogen-bond donors (Lipinski definition) is 0. The Morgan fingerprint density at radius 2 is 2.00 bits per heavy atom. The van der Waals surface area contributed by atoms with Crippen LogP contribution in [-0.4, -0.2) is 31.1 Å². The summed E-state index contributed by atoms with van der Waals surface area (Å²) in [5, 5.41) is 0. The molecule has 6 heteroatoms. The Labute approximate surface area is 121 Å². The third-order valence-corrected chi connectivity index (χ3v) is 3.91. The lowest BCUT2D eigenvalue weighted by Crippen LogP contribution is -2.25. The van der Waals surface area contributed by atoms with Gasteiger partial charge in [-0.1, -0.05) is 25.1 Å². The van der Waals surface area contributed by atoms with Crippen LogP contribution in [0.4, 0.5) is 13.2 Å². The third kappa shape index (κ3) is 3.56. The summed E-state index contributed by atoms with van der Waals surface area (Å²) in [6.07, 6.45) is -4.36. The van der Waals surface area contributed by atoms with E-state index in [0.717, 1.165) is 6.07 Å². The summed E-state index contributed by atoms with van der Waals surface area (Å²) in [6.45, 7) is 3.12. The topological polar surface area (TPSA) is 29.5 Å². The van der Waals surface area contributed by atoms with Crippen molar-refractivity contribution in [3.05, 3.63) is 35.4 Å². The summed E-state index contributed by atoms with van der Waals surface area (Å²) in [5.74, 6) is -0.488. The fourth-order valence-electron chi connectivity index (χ4n) is 2.83. The molecule has 1 aromatic carbocycles. The van der Waals surface area contributed by atoms with Crippen LogP contribution in [-0.2, 0) is 22.3 Å². The van der Waals surface area contributed by atoms with Crippen molar-refractivity contribution in [2.45, 2.75) is 19.6 Å². The molecule has 0 N–H and O–H groups in total. The predicted molar refractivity (Wildman–Crippen MR) is 71.4 cm³/mol. The summed E-state index contributed by atoms with van der Waals surface area (Å²) in [4.78, 5) is 13.5. The van der Waals surface area contributed by atoms with Gasteiger partial charge in [-0.05, 0) is 17.5 Å². The molecule has 0 bridgehead atoms. The molecular formula is C15H18F3NO2. The fraction of sp³-hybridized carbons (Fsp3) is 0.533. The second kappa shape index (κ2) is 6.05. The number of ether oxygens (including phenoxy) is 1. The Balaban J connectivity index is 2.12. The number of halogens is 3. The summed E-state index contributed by atoms with van der Waals surface area (Å²) in [6, 6.07) is 5.56. The minimum atomic E-state index is -4.36. The Hall–Kier alpha value is -1.56. The highest BCUT2D eigenvalue weighted by molar-refractivity contribution is 5.73. The predicted octanol–water partition coefficient (Wildman–Crippen LogP) is 2.95. The lowest BCUT2D eigenvalue weighted by molar-refractivity contribution is -0.146. The second-order valence-corrected chi connectivity index (χ2v) is 5.46. The average Bonchev–Trinajstić information content (AvgIpc) is 2.78. The molecule has 1 aromatic rings. The number of benzene rings is 1. The van der Waals surface area contributed by atoms with Crippen molar-refractivity contribution >= 4 is 5.97 Å². The van der Waals surface area contributed by atoms with E-state index >= 15 is 0 Å². The zero-order chi connectivity index (χ0) is 15.6. The monoisotopic (exact) mass is 301 g/mol. The molecule has 1 aliphatic rings. The molecule has 1 saturated heterocycles. The first kappa shape index (κ1) is 15.8. The highest BCUT2D eigenvalue weighted by atomic mass is 19.4. The van der Waals surface area contributed by atoms with Crippen molar-refractivity contribution < 1.29 is 22.7 Å². The van der Waals surface area contributed by atoms with Gasteiger partial charge in [0.25, 0.3) is 0 Å². The van der Waals surface area contributed by atoms with Gasteiger partial charge >= 0.3 is 12.1 Å². The molecule has 1 aliphatic heterocycles. The minimum absolute atomic E-state index is 0.0792. The van der Waals surface area contributed by atoms with E-state index in [1.807, 2.05) is 11.8 Å². The lowest BCUT2D eigenvalue weighted by Gasteiger charge is -2.19. The molecule has 0 radical (unpaired) electrons. The van der Waals surface area contributed by atoms with E-state index in [1.165, 1.54) is 19.2 Å². The standard InChI is InChI=1S/C15H18F3NO2/c1-10-7-19(9-12(10)14(20)21-2)8-11-5-3-4-6-13(11)15(16,17)18/h3-6,10,12H,7-9H2,1-2H3. The summed E-state index contributed by atoms with van der Waals surface area (Å²) in [5.41, 5.74) is -0.373. The summed E-state index contributed by atoms with van der Waals surface area (Å²) < 4.78 is 43.6. The van der Waals surface area contributed by atoms with Gasteiger partial charge in [-0.15, -0.1) is 0 Å². The van der Waals surface area contributed by atoms with E-state index in [-0.39, 0.29) is 29.9 Å². The highest BCUT2D eigenvalue weighted by Gasteiger charge is 2.37. The Bertz CT molecular complexity index is 516. The van der Waals surface area contributed by atoms with Crippen molar-refractivity contribution in [2.24, 2.45) is 11.8 Å². The van der Waals surface area contributed by atoms with E-state index in [1.54, 1.807) is 6.07 Å². The van der Waals surface area contributed by atoms with Gasteiger partial charge in [0.2, 0.25) is 0 Å². The van der Waals surface area contributed by atoms with Gasteiger partial charge in [0.15, 0.2) is 0 Å². The van der Waals surface area contributed by atoms with Crippen LogP contribution in [0, 0.1) is 11.8 Å². The van der Waals surface area contributed by atoms with Crippen LogP contribution in [0.25, 0.3) is 0 Å². The van der Waals surface area contributed by atoms with Crippen molar-refractivity contribution in [2.75, 3.05) is 20.2 Å². The van der Waals surface area contributed by atoms with Crippen molar-refractivity contribution in [1.82, 2.24) is 4.90 Å². The lowest BCUT2D eigenvalue weighted by atomic mass is 9.99. The number of nitrogens with zero attached hydrogens (tertiary/aromatic N) is 1. The number of rotatable bonds is 3. The van der Waals surface area contributed by atoms with Crippen LogP contribution in [0.1, 0.15) is 18.1 Å². The van der Waals surface area contributed by atoms with Crippen LogP contribution in [0.5, 0.6) is 0 Å². The first-order valence-electron chi connectivity index (χ1n) is 6.78. The van der Waals surface area contributed by atoms with Crippen LogP contribution >= 0.6 is 0 Å². The van der Waals surface area contributed by atoms with E-state index in [0.29, 0.717) is 13.1 Å². The number of carbonyl (C=O) groups excluding carboxylic acids is 1. The van der Waals surface area contributed by atoms with E-state index in [2.05, 4.69) is 0 Å². The van der Waals surface area contributed by atoms with Crippen molar-refractivity contribution in [3.63, 3.8) is 0 Å². The molecule has 2 atom stereocenters.